The van der Waals surface area contributed by atoms with E-state index in [9.17, 15) is 9.18 Å². The lowest BCUT2D eigenvalue weighted by Crippen LogP contribution is -2.30. The van der Waals surface area contributed by atoms with Crippen LogP contribution in [-0.4, -0.2) is 24.4 Å². The number of likely N-dealkylation sites (N-methyl/N-ethyl adjacent to an activating group) is 1. The summed E-state index contributed by atoms with van der Waals surface area (Å²) in [6.07, 6.45) is 0. The second-order valence-electron chi connectivity index (χ2n) is 5.38. The molecule has 0 fully saturated rings. The van der Waals surface area contributed by atoms with Crippen molar-refractivity contribution in [1.82, 2.24) is 4.90 Å². The number of hydrogen-bond acceptors (Lipinski definition) is 2. The Labute approximate surface area is 145 Å². The van der Waals surface area contributed by atoms with Crippen LogP contribution in [0.15, 0.2) is 36.4 Å². The Morgan fingerprint density at radius 2 is 2.00 bits per heavy atom. The number of aryl methyl sites for hydroxylation is 1. The van der Waals surface area contributed by atoms with Gasteiger partial charge in [0.05, 0.1) is 6.54 Å². The maximum atomic E-state index is 13.8. The molecule has 0 heterocycles. The fourth-order valence-electron chi connectivity index (χ4n) is 2.17. The lowest BCUT2D eigenvalue weighted by Gasteiger charge is -2.18. The summed E-state index contributed by atoms with van der Waals surface area (Å²) in [5.41, 5.74) is 1.96. The van der Waals surface area contributed by atoms with Crippen LogP contribution in [-0.2, 0) is 11.3 Å². The van der Waals surface area contributed by atoms with E-state index in [4.69, 9.17) is 23.2 Å². The van der Waals surface area contributed by atoms with Crippen LogP contribution in [0.5, 0.6) is 0 Å². The zero-order valence-corrected chi connectivity index (χ0v) is 14.4. The van der Waals surface area contributed by atoms with Crippen LogP contribution in [0, 0.1) is 12.7 Å². The number of hydrogen-bond donors (Lipinski definition) is 1. The van der Waals surface area contributed by atoms with Crippen molar-refractivity contribution in [2.45, 2.75) is 13.5 Å². The highest BCUT2D eigenvalue weighted by molar-refractivity contribution is 6.31. The van der Waals surface area contributed by atoms with Crippen LogP contribution in [0.1, 0.15) is 11.1 Å². The predicted molar refractivity (Wildman–Crippen MR) is 92.6 cm³/mol. The third kappa shape index (κ3) is 4.93. The first-order valence-electron chi connectivity index (χ1n) is 7.04. The van der Waals surface area contributed by atoms with E-state index in [2.05, 4.69) is 5.32 Å². The summed E-state index contributed by atoms with van der Waals surface area (Å²) in [7, 11) is 1.73. The molecule has 1 N–H and O–H groups in total. The van der Waals surface area contributed by atoms with Gasteiger partial charge < -0.3 is 5.32 Å². The lowest BCUT2D eigenvalue weighted by atomic mass is 10.2. The zero-order valence-electron chi connectivity index (χ0n) is 12.9. The Balaban J connectivity index is 1.98. The molecule has 3 nitrogen and oxygen atoms in total. The van der Waals surface area contributed by atoms with Gasteiger partial charge in [-0.25, -0.2) is 4.39 Å². The van der Waals surface area contributed by atoms with Crippen molar-refractivity contribution in [2.24, 2.45) is 0 Å². The van der Waals surface area contributed by atoms with Crippen molar-refractivity contribution in [3.8, 4) is 0 Å². The summed E-state index contributed by atoms with van der Waals surface area (Å²) in [6, 6.07) is 9.83. The van der Waals surface area contributed by atoms with Crippen molar-refractivity contribution >= 4 is 34.8 Å². The first-order chi connectivity index (χ1) is 10.9. The summed E-state index contributed by atoms with van der Waals surface area (Å²) in [6.45, 7) is 2.23. The molecule has 2 aromatic rings. The molecule has 2 rings (SSSR count). The van der Waals surface area contributed by atoms with Gasteiger partial charge >= 0.3 is 0 Å². The van der Waals surface area contributed by atoms with E-state index in [-0.39, 0.29) is 24.8 Å². The number of benzene rings is 2. The van der Waals surface area contributed by atoms with E-state index in [1.807, 2.05) is 13.0 Å². The van der Waals surface area contributed by atoms with Crippen LogP contribution in [0.3, 0.4) is 0 Å². The molecule has 0 atom stereocenters. The van der Waals surface area contributed by atoms with E-state index in [0.717, 1.165) is 5.56 Å². The van der Waals surface area contributed by atoms with E-state index in [1.54, 1.807) is 36.2 Å². The zero-order chi connectivity index (χ0) is 17.0. The Morgan fingerprint density at radius 1 is 1.26 bits per heavy atom. The molecular weight excluding hydrogens is 338 g/mol. The molecule has 0 bridgehead atoms. The maximum Gasteiger partial charge on any atom is 0.238 e. The summed E-state index contributed by atoms with van der Waals surface area (Å²) < 4.78 is 13.8. The fourth-order valence-corrected chi connectivity index (χ4v) is 2.57. The van der Waals surface area contributed by atoms with Gasteiger partial charge in [-0.2, -0.15) is 0 Å². The molecule has 0 spiro atoms. The third-order valence-corrected chi connectivity index (χ3v) is 3.97. The molecule has 0 aliphatic rings. The van der Waals surface area contributed by atoms with Crippen molar-refractivity contribution in [2.75, 3.05) is 18.9 Å². The Hall–Kier alpha value is -1.62. The SMILES string of the molecule is Cc1ccc(Cl)cc1NC(=O)CN(C)Cc1c(F)cccc1Cl. The quantitative estimate of drug-likeness (QED) is 0.856. The number of halogens is 3. The molecule has 1 amide bonds. The Bertz CT molecular complexity index is 701. The monoisotopic (exact) mass is 354 g/mol. The van der Waals surface area contributed by atoms with E-state index in [1.165, 1.54) is 6.07 Å². The minimum atomic E-state index is -0.379. The van der Waals surface area contributed by atoms with E-state index in [0.29, 0.717) is 21.3 Å². The number of nitrogens with zero attached hydrogens (tertiary/aromatic N) is 1. The normalized spacial score (nSPS) is 10.9. The number of carbonyl (C=O) groups is 1. The van der Waals surface area contributed by atoms with E-state index < -0.39 is 0 Å². The number of rotatable bonds is 5. The topological polar surface area (TPSA) is 32.3 Å². The predicted octanol–water partition coefficient (Wildman–Crippen LogP) is 4.51. The molecule has 0 radical (unpaired) electrons. The first-order valence-corrected chi connectivity index (χ1v) is 7.80. The smallest absolute Gasteiger partial charge is 0.238 e. The minimum absolute atomic E-state index is 0.108. The molecule has 6 heteroatoms. The first kappa shape index (κ1) is 17.7. The number of carbonyl (C=O) groups excluding carboxylic acids is 1. The Kier molecular flexibility index (Phi) is 5.99. The minimum Gasteiger partial charge on any atom is -0.325 e. The molecule has 23 heavy (non-hydrogen) atoms. The molecule has 0 unspecified atom stereocenters. The third-order valence-electron chi connectivity index (χ3n) is 3.38. The highest BCUT2D eigenvalue weighted by atomic mass is 35.5. The molecular formula is C17H17Cl2FN2O. The Morgan fingerprint density at radius 3 is 2.70 bits per heavy atom. The van der Waals surface area contributed by atoms with Gasteiger partial charge in [-0.05, 0) is 43.8 Å². The van der Waals surface area contributed by atoms with Gasteiger partial charge in [0.2, 0.25) is 5.91 Å². The second kappa shape index (κ2) is 7.77. The maximum absolute atomic E-state index is 13.8. The fraction of sp³-hybridized carbons (Fsp3) is 0.235. The van der Waals surface area contributed by atoms with Gasteiger partial charge in [0, 0.05) is 27.8 Å². The van der Waals surface area contributed by atoms with Gasteiger partial charge in [0.15, 0.2) is 0 Å². The summed E-state index contributed by atoms with van der Waals surface area (Å²) in [4.78, 5) is 13.8. The van der Waals surface area contributed by atoms with Gasteiger partial charge in [0.1, 0.15) is 5.82 Å². The molecule has 0 saturated heterocycles. The van der Waals surface area contributed by atoms with Gasteiger partial charge in [-0.15, -0.1) is 0 Å². The largest absolute Gasteiger partial charge is 0.325 e. The molecule has 122 valence electrons. The van der Waals surface area contributed by atoms with Crippen LogP contribution >= 0.6 is 23.2 Å². The molecule has 0 aliphatic carbocycles. The van der Waals surface area contributed by atoms with Gasteiger partial charge in [-0.1, -0.05) is 35.3 Å². The van der Waals surface area contributed by atoms with Crippen LogP contribution < -0.4 is 5.32 Å². The molecule has 0 aliphatic heterocycles. The molecule has 2 aromatic carbocycles. The summed E-state index contributed by atoms with van der Waals surface area (Å²) in [5, 5.41) is 3.71. The number of nitrogens with one attached hydrogen (secondary N) is 1. The van der Waals surface area contributed by atoms with Gasteiger partial charge in [-0.3, -0.25) is 9.69 Å². The summed E-state index contributed by atoms with van der Waals surface area (Å²) >= 11 is 11.9. The highest BCUT2D eigenvalue weighted by Crippen LogP contribution is 2.21. The van der Waals surface area contributed by atoms with Gasteiger partial charge in [0.25, 0.3) is 0 Å². The highest BCUT2D eigenvalue weighted by Gasteiger charge is 2.13. The van der Waals surface area contributed by atoms with Crippen LogP contribution in [0.25, 0.3) is 0 Å². The van der Waals surface area contributed by atoms with Crippen molar-refractivity contribution < 1.29 is 9.18 Å². The second-order valence-corrected chi connectivity index (χ2v) is 6.22. The lowest BCUT2D eigenvalue weighted by molar-refractivity contribution is -0.117. The van der Waals surface area contributed by atoms with E-state index >= 15 is 0 Å². The molecule has 0 aromatic heterocycles. The average Bonchev–Trinajstić information content (AvgIpc) is 2.47. The average molecular weight is 355 g/mol. The van der Waals surface area contributed by atoms with Crippen molar-refractivity contribution in [3.05, 3.63) is 63.4 Å². The standard InChI is InChI=1S/C17H17Cl2FN2O/c1-11-6-7-12(18)8-16(11)21-17(23)10-22(2)9-13-14(19)4-3-5-15(13)20/h3-8H,9-10H2,1-2H3,(H,21,23). The van der Waals surface area contributed by atoms with Crippen molar-refractivity contribution in [1.29, 1.82) is 0 Å². The molecule has 0 saturated carbocycles. The number of amides is 1. The van der Waals surface area contributed by atoms with Crippen molar-refractivity contribution in [3.63, 3.8) is 0 Å². The van der Waals surface area contributed by atoms with Crippen LogP contribution in [0.4, 0.5) is 10.1 Å². The van der Waals surface area contributed by atoms with Crippen LogP contribution in [0.2, 0.25) is 10.0 Å². The number of anilines is 1. The summed E-state index contributed by atoms with van der Waals surface area (Å²) in [5.74, 6) is -0.583.